The average molecular weight is 417 g/mol. The van der Waals surface area contributed by atoms with Crippen molar-refractivity contribution >= 4 is 5.97 Å². The van der Waals surface area contributed by atoms with Crippen LogP contribution in [0.25, 0.3) is 0 Å². The van der Waals surface area contributed by atoms with Crippen molar-refractivity contribution in [3.8, 4) is 0 Å². The van der Waals surface area contributed by atoms with Crippen LogP contribution in [-0.2, 0) is 23.7 Å². The number of carbonyl (C=O) groups is 1. The molecule has 0 unspecified atom stereocenters. The van der Waals surface area contributed by atoms with Gasteiger partial charge in [-0.15, -0.1) is 0 Å². The van der Waals surface area contributed by atoms with E-state index in [1.807, 2.05) is 0 Å². The van der Waals surface area contributed by atoms with Gasteiger partial charge in [-0.25, -0.2) is 0 Å². The second-order valence-corrected chi connectivity index (χ2v) is 11.4. The number of allylic oxidation sites excluding steroid dienone is 2. The molecule has 166 valence electrons. The molecule has 4 aliphatic carbocycles. The fourth-order valence-corrected chi connectivity index (χ4v) is 8.83. The van der Waals surface area contributed by atoms with Gasteiger partial charge in [0.2, 0.25) is 0 Å². The Kier molecular flexibility index (Phi) is 4.02. The van der Waals surface area contributed by atoms with Crippen molar-refractivity contribution < 1.29 is 23.7 Å². The van der Waals surface area contributed by atoms with Gasteiger partial charge in [-0.1, -0.05) is 25.5 Å². The van der Waals surface area contributed by atoms with Crippen LogP contribution in [0.2, 0.25) is 0 Å². The molecule has 2 aliphatic heterocycles. The molecule has 0 aromatic carbocycles. The van der Waals surface area contributed by atoms with E-state index in [1.54, 1.807) is 5.57 Å². The highest BCUT2D eigenvalue weighted by molar-refractivity contribution is 5.66. The van der Waals surface area contributed by atoms with Gasteiger partial charge in [-0.2, -0.15) is 0 Å². The molecule has 2 heterocycles. The quantitative estimate of drug-likeness (QED) is 0.380. The fraction of sp³-hybridized carbons (Fsp3) is 0.880. The Labute approximate surface area is 179 Å². The molecule has 30 heavy (non-hydrogen) atoms. The first-order chi connectivity index (χ1) is 14.2. The van der Waals surface area contributed by atoms with Gasteiger partial charge in [0.25, 0.3) is 0 Å². The summed E-state index contributed by atoms with van der Waals surface area (Å²) in [5, 5.41) is 0. The maximum absolute atomic E-state index is 11.5. The summed E-state index contributed by atoms with van der Waals surface area (Å²) in [6, 6.07) is 0. The minimum absolute atomic E-state index is 0.0725. The van der Waals surface area contributed by atoms with E-state index < -0.39 is 5.79 Å². The van der Waals surface area contributed by atoms with Gasteiger partial charge in [-0.05, 0) is 75.0 Å². The molecule has 3 saturated carbocycles. The number of ether oxygens (including phenoxy) is 4. The van der Waals surface area contributed by atoms with Crippen LogP contribution in [0.4, 0.5) is 0 Å². The lowest BCUT2D eigenvalue weighted by atomic mass is 9.48. The molecule has 6 aliphatic rings. The molecule has 0 amide bonds. The Balaban J connectivity index is 1.30. The summed E-state index contributed by atoms with van der Waals surface area (Å²) in [5.41, 5.74) is 1.75. The molecular formula is C25H36O5. The van der Waals surface area contributed by atoms with Crippen molar-refractivity contribution in [3.05, 3.63) is 11.6 Å². The van der Waals surface area contributed by atoms with Crippen LogP contribution in [0.15, 0.2) is 11.6 Å². The summed E-state index contributed by atoms with van der Waals surface area (Å²) in [7, 11) is 0. The Morgan fingerprint density at radius 2 is 1.87 bits per heavy atom. The van der Waals surface area contributed by atoms with Crippen LogP contribution >= 0.6 is 0 Å². The predicted molar refractivity (Wildman–Crippen MR) is 111 cm³/mol. The zero-order chi connectivity index (χ0) is 20.9. The van der Waals surface area contributed by atoms with Gasteiger partial charge < -0.3 is 18.9 Å². The lowest BCUT2D eigenvalue weighted by Gasteiger charge is -2.58. The van der Waals surface area contributed by atoms with Gasteiger partial charge in [0.15, 0.2) is 11.4 Å². The second kappa shape index (κ2) is 6.11. The van der Waals surface area contributed by atoms with E-state index >= 15 is 0 Å². The standard InChI is InChI=1S/C25H36O5/c1-15(26)29-17-7-9-22(2)16(13-17)5-6-18-19(22)8-10-23(3)20(18)14-21-25(23,30-21)24(4)27-11-12-28-24/h8,16-18,20-21H,5-7,9-14H2,1-4H3/t16-,17-,18-,20+,21-,22+,23+,25-/m1/s1. The van der Waals surface area contributed by atoms with E-state index in [9.17, 15) is 4.79 Å². The molecular weight excluding hydrogens is 380 g/mol. The largest absolute Gasteiger partial charge is 0.463 e. The second-order valence-electron chi connectivity index (χ2n) is 11.4. The Hall–Kier alpha value is -0.910. The normalized spacial score (nSPS) is 53.1. The van der Waals surface area contributed by atoms with E-state index in [1.165, 1.54) is 19.8 Å². The molecule has 0 aromatic rings. The maximum Gasteiger partial charge on any atom is 0.302 e. The highest BCUT2D eigenvalue weighted by atomic mass is 16.8. The highest BCUT2D eigenvalue weighted by Gasteiger charge is 2.84. The van der Waals surface area contributed by atoms with Crippen molar-refractivity contribution in [1.82, 2.24) is 0 Å². The first-order valence-corrected chi connectivity index (χ1v) is 12.1. The molecule has 0 bridgehead atoms. The average Bonchev–Trinajstić information content (AvgIpc) is 3.18. The summed E-state index contributed by atoms with van der Waals surface area (Å²) >= 11 is 0. The third-order valence-electron chi connectivity index (χ3n) is 10.3. The number of epoxide rings is 1. The van der Waals surface area contributed by atoms with E-state index in [2.05, 4.69) is 26.8 Å². The SMILES string of the molecule is CC(=O)O[C@@H]1CC[C@]2(C)C3=CC[C@@]4(C)[C@@H](C[C@H]5O[C@]54C4(C)OCCO4)[C@@H]3CC[C@@H]2C1. The first kappa shape index (κ1) is 19.8. The maximum atomic E-state index is 11.5. The summed E-state index contributed by atoms with van der Waals surface area (Å²) in [5.74, 6) is 1.18. The van der Waals surface area contributed by atoms with Gasteiger partial charge in [0, 0.05) is 12.3 Å². The molecule has 5 fully saturated rings. The number of rotatable bonds is 2. The van der Waals surface area contributed by atoms with E-state index in [0.29, 0.717) is 31.0 Å². The van der Waals surface area contributed by atoms with Crippen LogP contribution in [-0.4, -0.2) is 42.8 Å². The third-order valence-corrected chi connectivity index (χ3v) is 10.3. The first-order valence-electron chi connectivity index (χ1n) is 12.1. The van der Waals surface area contributed by atoms with Crippen LogP contribution < -0.4 is 0 Å². The fourth-order valence-electron chi connectivity index (χ4n) is 8.83. The van der Waals surface area contributed by atoms with Crippen molar-refractivity contribution in [3.63, 3.8) is 0 Å². The third kappa shape index (κ3) is 2.27. The molecule has 2 saturated heterocycles. The van der Waals surface area contributed by atoms with Gasteiger partial charge in [-0.3, -0.25) is 4.79 Å². The predicted octanol–water partition coefficient (Wildman–Crippen LogP) is 4.39. The number of esters is 1. The molecule has 0 radical (unpaired) electrons. The molecule has 0 spiro atoms. The molecule has 5 nitrogen and oxygen atoms in total. The minimum Gasteiger partial charge on any atom is -0.463 e. The molecule has 0 aromatic heterocycles. The smallest absolute Gasteiger partial charge is 0.302 e. The van der Waals surface area contributed by atoms with Gasteiger partial charge in [0.05, 0.1) is 19.3 Å². The molecule has 8 atom stereocenters. The van der Waals surface area contributed by atoms with Crippen molar-refractivity contribution in [2.45, 2.75) is 96.2 Å². The summed E-state index contributed by atoms with van der Waals surface area (Å²) in [4.78, 5) is 11.5. The van der Waals surface area contributed by atoms with Crippen LogP contribution in [0.3, 0.4) is 0 Å². The molecule has 0 N–H and O–H groups in total. The summed E-state index contributed by atoms with van der Waals surface area (Å²) in [6.07, 6.45) is 10.8. The number of fused-ring (bicyclic) bond motifs is 7. The van der Waals surface area contributed by atoms with Crippen molar-refractivity contribution in [2.24, 2.45) is 28.6 Å². The Bertz CT molecular complexity index is 799. The van der Waals surface area contributed by atoms with Crippen molar-refractivity contribution in [2.75, 3.05) is 13.2 Å². The van der Waals surface area contributed by atoms with E-state index in [-0.39, 0.29) is 34.6 Å². The van der Waals surface area contributed by atoms with Gasteiger partial charge >= 0.3 is 5.97 Å². The van der Waals surface area contributed by atoms with Gasteiger partial charge in [0.1, 0.15) is 6.10 Å². The Morgan fingerprint density at radius 1 is 1.10 bits per heavy atom. The van der Waals surface area contributed by atoms with E-state index in [0.717, 1.165) is 32.1 Å². The van der Waals surface area contributed by atoms with Crippen LogP contribution in [0.5, 0.6) is 0 Å². The lowest BCUT2D eigenvalue weighted by molar-refractivity contribution is -0.225. The van der Waals surface area contributed by atoms with E-state index in [4.69, 9.17) is 18.9 Å². The number of carbonyl (C=O) groups excluding carboxylic acids is 1. The van der Waals surface area contributed by atoms with Crippen LogP contribution in [0, 0.1) is 28.6 Å². The molecule has 5 heteroatoms. The monoisotopic (exact) mass is 416 g/mol. The highest BCUT2D eigenvalue weighted by Crippen LogP contribution is 2.75. The van der Waals surface area contributed by atoms with Crippen molar-refractivity contribution in [1.29, 1.82) is 0 Å². The summed E-state index contributed by atoms with van der Waals surface area (Å²) < 4.78 is 24.4. The Morgan fingerprint density at radius 3 is 2.60 bits per heavy atom. The number of hydrogen-bond acceptors (Lipinski definition) is 5. The summed E-state index contributed by atoms with van der Waals surface area (Å²) in [6.45, 7) is 9.93. The van der Waals surface area contributed by atoms with Crippen LogP contribution in [0.1, 0.15) is 72.6 Å². The molecule has 6 rings (SSSR count). The zero-order valence-electron chi connectivity index (χ0n) is 18.9. The number of hydrogen-bond donors (Lipinski definition) is 0. The lowest BCUT2D eigenvalue weighted by Crippen LogP contribution is -2.57. The zero-order valence-corrected chi connectivity index (χ0v) is 18.9. The minimum atomic E-state index is -0.601. The topological polar surface area (TPSA) is 57.3 Å².